The standard InChI is InChI=1S/C11H15ClO6/c1-4-17-7(13)10(8(14)18-5-2)6-11(10,12)9(15)16-3/h4-6H2,1-3H3. The molecule has 0 bridgehead atoms. The van der Waals surface area contributed by atoms with E-state index >= 15 is 0 Å². The maximum Gasteiger partial charge on any atom is 0.328 e. The Labute approximate surface area is 110 Å². The molecule has 1 atom stereocenters. The first-order valence-electron chi connectivity index (χ1n) is 5.52. The van der Waals surface area contributed by atoms with E-state index in [9.17, 15) is 14.4 Å². The Morgan fingerprint density at radius 1 is 1.06 bits per heavy atom. The van der Waals surface area contributed by atoms with Crippen LogP contribution in [0.25, 0.3) is 0 Å². The second-order valence-corrected chi connectivity index (χ2v) is 4.46. The number of alkyl halides is 1. The lowest BCUT2D eigenvalue weighted by molar-refractivity contribution is -0.167. The third kappa shape index (κ3) is 1.94. The van der Waals surface area contributed by atoms with Gasteiger partial charge in [0.25, 0.3) is 0 Å². The molecule has 7 heteroatoms. The fourth-order valence-electron chi connectivity index (χ4n) is 1.79. The molecule has 0 spiro atoms. The van der Waals surface area contributed by atoms with Crippen LogP contribution in [0.2, 0.25) is 0 Å². The lowest BCUT2D eigenvalue weighted by Crippen LogP contribution is -2.39. The zero-order valence-corrected chi connectivity index (χ0v) is 11.2. The van der Waals surface area contributed by atoms with E-state index in [4.69, 9.17) is 21.1 Å². The minimum atomic E-state index is -1.78. The van der Waals surface area contributed by atoms with Gasteiger partial charge in [0.1, 0.15) is 0 Å². The largest absolute Gasteiger partial charge is 0.468 e. The normalized spacial score (nSPS) is 24.0. The van der Waals surface area contributed by atoms with Crippen molar-refractivity contribution in [2.24, 2.45) is 5.41 Å². The number of rotatable bonds is 5. The van der Waals surface area contributed by atoms with Crippen molar-refractivity contribution in [1.82, 2.24) is 0 Å². The minimum Gasteiger partial charge on any atom is -0.468 e. The maximum absolute atomic E-state index is 11.9. The van der Waals surface area contributed by atoms with E-state index < -0.39 is 28.2 Å². The number of hydrogen-bond acceptors (Lipinski definition) is 6. The Hall–Kier alpha value is -1.30. The van der Waals surface area contributed by atoms with Gasteiger partial charge in [-0.05, 0) is 13.8 Å². The van der Waals surface area contributed by atoms with E-state index in [0.717, 1.165) is 7.11 Å². The summed E-state index contributed by atoms with van der Waals surface area (Å²) in [6.07, 6.45) is -0.175. The average molecular weight is 279 g/mol. The number of carbonyl (C=O) groups excluding carboxylic acids is 3. The number of methoxy groups -OCH3 is 1. The first-order chi connectivity index (χ1) is 8.40. The van der Waals surface area contributed by atoms with Gasteiger partial charge in [-0.25, -0.2) is 0 Å². The number of ether oxygens (including phenoxy) is 3. The van der Waals surface area contributed by atoms with E-state index in [1.807, 2.05) is 0 Å². The first-order valence-corrected chi connectivity index (χ1v) is 5.90. The van der Waals surface area contributed by atoms with Gasteiger partial charge >= 0.3 is 17.9 Å². The monoisotopic (exact) mass is 278 g/mol. The van der Waals surface area contributed by atoms with Crippen LogP contribution in [0.15, 0.2) is 0 Å². The molecule has 1 unspecified atom stereocenters. The van der Waals surface area contributed by atoms with E-state index in [1.165, 1.54) is 0 Å². The fraction of sp³-hybridized carbons (Fsp3) is 0.727. The Morgan fingerprint density at radius 3 is 1.83 bits per heavy atom. The highest BCUT2D eigenvalue weighted by Crippen LogP contribution is 2.63. The Kier molecular flexibility index (Phi) is 4.21. The molecule has 0 aliphatic heterocycles. The summed E-state index contributed by atoms with van der Waals surface area (Å²) in [5, 5.41) is 0. The van der Waals surface area contributed by atoms with E-state index in [2.05, 4.69) is 4.74 Å². The van der Waals surface area contributed by atoms with Crippen LogP contribution in [-0.2, 0) is 28.6 Å². The van der Waals surface area contributed by atoms with Crippen LogP contribution in [-0.4, -0.2) is 43.1 Å². The Balaban J connectivity index is 3.04. The van der Waals surface area contributed by atoms with Crippen molar-refractivity contribution in [3.63, 3.8) is 0 Å². The van der Waals surface area contributed by atoms with Crippen LogP contribution < -0.4 is 0 Å². The molecule has 0 aromatic heterocycles. The highest BCUT2D eigenvalue weighted by atomic mass is 35.5. The van der Waals surface area contributed by atoms with Gasteiger partial charge in [-0.2, -0.15) is 0 Å². The van der Waals surface area contributed by atoms with Crippen LogP contribution in [0.3, 0.4) is 0 Å². The summed E-state index contributed by atoms with van der Waals surface area (Å²) >= 11 is 6.00. The van der Waals surface area contributed by atoms with Gasteiger partial charge in [0, 0.05) is 6.42 Å². The number of hydrogen-bond donors (Lipinski definition) is 0. The molecule has 0 saturated heterocycles. The van der Waals surface area contributed by atoms with Gasteiger partial charge < -0.3 is 14.2 Å². The minimum absolute atomic E-state index is 0.0775. The molecule has 0 radical (unpaired) electrons. The molecule has 102 valence electrons. The summed E-state index contributed by atoms with van der Waals surface area (Å²) in [5.41, 5.74) is -1.78. The van der Waals surface area contributed by atoms with Crippen LogP contribution in [0.4, 0.5) is 0 Å². The number of carbonyl (C=O) groups is 3. The van der Waals surface area contributed by atoms with Gasteiger partial charge in [-0.15, -0.1) is 11.6 Å². The maximum atomic E-state index is 11.9. The molecule has 1 aliphatic carbocycles. The van der Waals surface area contributed by atoms with Crippen LogP contribution in [0, 0.1) is 5.41 Å². The molecule has 0 amide bonds. The van der Waals surface area contributed by atoms with Crippen molar-refractivity contribution >= 4 is 29.5 Å². The molecule has 18 heavy (non-hydrogen) atoms. The molecule has 1 saturated carbocycles. The zero-order valence-electron chi connectivity index (χ0n) is 10.4. The first kappa shape index (κ1) is 14.8. The quantitative estimate of drug-likeness (QED) is 0.318. The summed E-state index contributed by atoms with van der Waals surface area (Å²) in [7, 11) is 1.13. The molecule has 1 rings (SSSR count). The van der Waals surface area contributed by atoms with Gasteiger partial charge in [0.15, 0.2) is 10.3 Å². The molecule has 0 heterocycles. The SMILES string of the molecule is CCOC(=O)C1(C(=O)OCC)CC1(Cl)C(=O)OC. The summed E-state index contributed by atoms with van der Waals surface area (Å²) in [4.78, 5) is 33.6. The van der Waals surface area contributed by atoms with Crippen LogP contribution in [0.1, 0.15) is 20.3 Å². The van der Waals surface area contributed by atoms with Crippen LogP contribution in [0.5, 0.6) is 0 Å². The molecule has 0 aromatic carbocycles. The molecule has 1 fully saturated rings. The Bertz CT molecular complexity index is 362. The van der Waals surface area contributed by atoms with E-state index in [0.29, 0.717) is 0 Å². The molecular formula is C11H15ClO6. The van der Waals surface area contributed by atoms with Crippen molar-refractivity contribution in [3.05, 3.63) is 0 Å². The smallest absolute Gasteiger partial charge is 0.328 e. The molecule has 1 aliphatic rings. The summed E-state index contributed by atoms with van der Waals surface area (Å²) in [5.74, 6) is -2.56. The third-order valence-corrected chi connectivity index (χ3v) is 3.43. The van der Waals surface area contributed by atoms with E-state index in [-0.39, 0.29) is 19.6 Å². The van der Waals surface area contributed by atoms with Gasteiger partial charge in [0.2, 0.25) is 0 Å². The summed E-state index contributed by atoms with van der Waals surface area (Å²) in [6, 6.07) is 0. The van der Waals surface area contributed by atoms with Gasteiger partial charge in [-0.3, -0.25) is 14.4 Å². The molecule has 0 N–H and O–H groups in total. The average Bonchev–Trinajstić information content (AvgIpc) is 2.98. The van der Waals surface area contributed by atoms with Crippen molar-refractivity contribution < 1.29 is 28.6 Å². The Morgan fingerprint density at radius 2 is 1.50 bits per heavy atom. The van der Waals surface area contributed by atoms with Crippen molar-refractivity contribution in [2.75, 3.05) is 20.3 Å². The molecular weight excluding hydrogens is 264 g/mol. The van der Waals surface area contributed by atoms with Crippen molar-refractivity contribution in [2.45, 2.75) is 25.1 Å². The highest BCUT2D eigenvalue weighted by Gasteiger charge is 2.83. The van der Waals surface area contributed by atoms with Crippen molar-refractivity contribution in [1.29, 1.82) is 0 Å². The summed E-state index contributed by atoms with van der Waals surface area (Å²) in [6.45, 7) is 3.34. The predicted octanol–water partition coefficient (Wildman–Crippen LogP) is 0.653. The zero-order chi connectivity index (χ0) is 14.0. The van der Waals surface area contributed by atoms with Crippen molar-refractivity contribution in [3.8, 4) is 0 Å². The topological polar surface area (TPSA) is 78.9 Å². The van der Waals surface area contributed by atoms with Crippen LogP contribution >= 0.6 is 11.6 Å². The molecule has 0 aromatic rings. The second-order valence-electron chi connectivity index (χ2n) is 3.82. The van der Waals surface area contributed by atoms with Gasteiger partial charge in [-0.1, -0.05) is 0 Å². The molecule has 6 nitrogen and oxygen atoms in total. The van der Waals surface area contributed by atoms with E-state index in [1.54, 1.807) is 13.8 Å². The fourth-order valence-corrected chi connectivity index (χ4v) is 2.22. The number of esters is 3. The summed E-state index contributed by atoms with van der Waals surface area (Å²) < 4.78 is 14.1. The highest BCUT2D eigenvalue weighted by molar-refractivity contribution is 6.43. The third-order valence-electron chi connectivity index (χ3n) is 2.82. The van der Waals surface area contributed by atoms with Gasteiger partial charge in [0.05, 0.1) is 20.3 Å². The predicted molar refractivity (Wildman–Crippen MR) is 60.9 cm³/mol. The second kappa shape index (κ2) is 5.14. The number of halogens is 1. The lowest BCUT2D eigenvalue weighted by Gasteiger charge is -2.16. The lowest BCUT2D eigenvalue weighted by atomic mass is 10.0.